The van der Waals surface area contributed by atoms with Crippen molar-refractivity contribution in [1.82, 2.24) is 10.6 Å². The number of non-ortho nitro benzene ring substituents is 1. The van der Waals surface area contributed by atoms with E-state index in [0.29, 0.717) is 11.3 Å². The zero-order chi connectivity index (χ0) is 26.0. The predicted octanol–water partition coefficient (Wildman–Crippen LogP) is 2.50. The summed E-state index contributed by atoms with van der Waals surface area (Å²) < 4.78 is 14.7. The van der Waals surface area contributed by atoms with Gasteiger partial charge in [0.25, 0.3) is 11.6 Å². The van der Waals surface area contributed by atoms with E-state index in [0.717, 1.165) is 0 Å². The first-order valence-corrected chi connectivity index (χ1v) is 10.3. The number of alkyl carbamates (subject to hydrolysis) is 1. The molecular formula is C22H24N4O9. The van der Waals surface area contributed by atoms with Crippen LogP contribution in [0.15, 0.2) is 48.5 Å². The number of ether oxygens (including phenoxy) is 3. The second-order valence-electron chi connectivity index (χ2n) is 7.11. The molecule has 2 atom stereocenters. The van der Waals surface area contributed by atoms with Crippen molar-refractivity contribution >= 4 is 35.4 Å². The van der Waals surface area contributed by atoms with Crippen LogP contribution in [0.25, 0.3) is 0 Å². The highest BCUT2D eigenvalue weighted by Crippen LogP contribution is 2.18. The molecule has 0 aliphatic carbocycles. The van der Waals surface area contributed by atoms with Crippen LogP contribution in [-0.4, -0.2) is 48.2 Å². The zero-order valence-corrected chi connectivity index (χ0v) is 19.1. The molecule has 13 nitrogen and oxygen atoms in total. The molecule has 0 spiro atoms. The molecule has 0 heterocycles. The van der Waals surface area contributed by atoms with Crippen molar-refractivity contribution in [3.8, 4) is 5.75 Å². The Balaban J connectivity index is 1.79. The maximum Gasteiger partial charge on any atom is 0.514 e. The number of nitrogens with one attached hydrogen (secondary N) is 3. The van der Waals surface area contributed by atoms with Gasteiger partial charge in [-0.15, -0.1) is 0 Å². The molecule has 186 valence electrons. The molecule has 3 N–H and O–H groups in total. The Labute approximate surface area is 199 Å². The average molecular weight is 488 g/mol. The molecule has 0 aliphatic rings. The van der Waals surface area contributed by atoms with E-state index in [1.165, 1.54) is 45.2 Å². The highest BCUT2D eigenvalue weighted by atomic mass is 16.7. The lowest BCUT2D eigenvalue weighted by Gasteiger charge is -2.17. The molecule has 0 radical (unpaired) electrons. The third-order valence-electron chi connectivity index (χ3n) is 4.44. The number of hydrogen-bond donors (Lipinski definition) is 3. The highest BCUT2D eigenvalue weighted by Gasteiger charge is 2.22. The maximum atomic E-state index is 12.3. The summed E-state index contributed by atoms with van der Waals surface area (Å²) in [6, 6.07) is 10.4. The molecule has 3 amide bonds. The van der Waals surface area contributed by atoms with E-state index in [1.807, 2.05) is 0 Å². The molecule has 2 aromatic rings. The first-order chi connectivity index (χ1) is 16.6. The fourth-order valence-electron chi connectivity index (χ4n) is 2.51. The maximum absolute atomic E-state index is 12.3. The van der Waals surface area contributed by atoms with Crippen molar-refractivity contribution in [2.75, 3.05) is 12.4 Å². The van der Waals surface area contributed by atoms with Gasteiger partial charge in [-0.25, -0.2) is 9.59 Å². The van der Waals surface area contributed by atoms with Gasteiger partial charge in [0.15, 0.2) is 6.10 Å². The zero-order valence-electron chi connectivity index (χ0n) is 19.1. The van der Waals surface area contributed by atoms with Gasteiger partial charge in [-0.3, -0.25) is 19.7 Å². The smallest absolute Gasteiger partial charge is 0.436 e. The predicted molar refractivity (Wildman–Crippen MR) is 122 cm³/mol. The fraction of sp³-hybridized carbons (Fsp3) is 0.273. The molecule has 0 bridgehead atoms. The van der Waals surface area contributed by atoms with E-state index in [-0.39, 0.29) is 18.0 Å². The van der Waals surface area contributed by atoms with E-state index in [9.17, 15) is 29.3 Å². The molecule has 0 unspecified atom stereocenters. The highest BCUT2D eigenvalue weighted by molar-refractivity contribution is 5.97. The first kappa shape index (κ1) is 26.6. The number of amides is 3. The summed E-state index contributed by atoms with van der Waals surface area (Å²) in [5.41, 5.74) is 0.896. The summed E-state index contributed by atoms with van der Waals surface area (Å²) in [6.45, 7) is 2.73. The van der Waals surface area contributed by atoms with Crippen molar-refractivity contribution in [3.63, 3.8) is 0 Å². The van der Waals surface area contributed by atoms with Crippen LogP contribution in [0.2, 0.25) is 0 Å². The minimum Gasteiger partial charge on any atom is -0.436 e. The summed E-state index contributed by atoms with van der Waals surface area (Å²) in [5, 5.41) is 17.9. The quantitative estimate of drug-likeness (QED) is 0.207. The Morgan fingerprint density at radius 1 is 0.971 bits per heavy atom. The Kier molecular flexibility index (Phi) is 9.51. The minimum absolute atomic E-state index is 0.0921. The Hall–Kier alpha value is -4.68. The number of nitro benzene ring substituents is 1. The van der Waals surface area contributed by atoms with Gasteiger partial charge in [0, 0.05) is 24.9 Å². The number of benzene rings is 2. The van der Waals surface area contributed by atoms with Gasteiger partial charge < -0.3 is 30.2 Å². The number of nitrogens with zero attached hydrogens (tertiary/aromatic N) is 1. The monoisotopic (exact) mass is 488 g/mol. The SMILES string of the molecule is CNC(=O)O[C@@H](C)C(=O)N[C@@H](C)C(=O)Nc1ccc(COC(=O)Oc2ccc([N+](=O)[O-])cc2)cc1. The molecule has 35 heavy (non-hydrogen) atoms. The number of anilines is 1. The Morgan fingerprint density at radius 3 is 2.17 bits per heavy atom. The molecule has 2 rings (SSSR count). The second kappa shape index (κ2) is 12.5. The number of hydrogen-bond acceptors (Lipinski definition) is 9. The molecule has 0 saturated heterocycles. The third kappa shape index (κ3) is 8.64. The van der Waals surface area contributed by atoms with E-state index >= 15 is 0 Å². The van der Waals surface area contributed by atoms with Crippen molar-refractivity contribution < 1.29 is 38.3 Å². The number of nitro groups is 1. The Bertz CT molecular complexity index is 1070. The number of rotatable bonds is 9. The number of carbonyl (C=O) groups is 4. The van der Waals surface area contributed by atoms with Crippen molar-refractivity contribution in [2.24, 2.45) is 0 Å². The topological polar surface area (TPSA) is 175 Å². The summed E-state index contributed by atoms with van der Waals surface area (Å²) in [7, 11) is 1.36. The minimum atomic E-state index is -1.09. The van der Waals surface area contributed by atoms with E-state index in [4.69, 9.17) is 14.2 Å². The molecule has 0 aromatic heterocycles. The van der Waals surface area contributed by atoms with Crippen LogP contribution in [0.4, 0.5) is 21.0 Å². The van der Waals surface area contributed by atoms with Gasteiger partial charge in [-0.1, -0.05) is 12.1 Å². The van der Waals surface area contributed by atoms with Crippen molar-refractivity contribution in [2.45, 2.75) is 32.6 Å². The second-order valence-corrected chi connectivity index (χ2v) is 7.11. The van der Waals surface area contributed by atoms with E-state index in [1.54, 1.807) is 24.3 Å². The normalized spacial score (nSPS) is 11.9. The van der Waals surface area contributed by atoms with Crippen LogP contribution in [0.5, 0.6) is 5.75 Å². The average Bonchev–Trinajstić information content (AvgIpc) is 2.83. The molecule has 0 fully saturated rings. The lowest BCUT2D eigenvalue weighted by atomic mass is 10.2. The van der Waals surface area contributed by atoms with Crippen LogP contribution < -0.4 is 20.7 Å². The van der Waals surface area contributed by atoms with Crippen LogP contribution in [0.1, 0.15) is 19.4 Å². The molecule has 0 saturated carbocycles. The third-order valence-corrected chi connectivity index (χ3v) is 4.44. The summed E-state index contributed by atoms with van der Waals surface area (Å²) in [6.07, 6.45) is -2.85. The van der Waals surface area contributed by atoms with Gasteiger partial charge in [0.2, 0.25) is 5.91 Å². The standard InChI is InChI=1S/C22H24N4O9/c1-13(24-20(28)14(2)34-21(29)23-3)19(27)25-16-6-4-15(5-7-16)12-33-22(30)35-18-10-8-17(9-11-18)26(31)32/h4-11,13-14H,12H2,1-3H3,(H,23,29)(H,24,28)(H,25,27)/t13-,14-/m0/s1. The lowest BCUT2D eigenvalue weighted by Crippen LogP contribution is -2.46. The van der Waals surface area contributed by atoms with E-state index < -0.39 is 41.1 Å². The van der Waals surface area contributed by atoms with Crippen LogP contribution in [-0.2, 0) is 25.7 Å². The fourth-order valence-corrected chi connectivity index (χ4v) is 2.51. The molecular weight excluding hydrogens is 464 g/mol. The van der Waals surface area contributed by atoms with Gasteiger partial charge in [-0.2, -0.15) is 0 Å². The van der Waals surface area contributed by atoms with Crippen molar-refractivity contribution in [1.29, 1.82) is 0 Å². The Morgan fingerprint density at radius 2 is 1.60 bits per heavy atom. The van der Waals surface area contributed by atoms with Crippen LogP contribution in [0.3, 0.4) is 0 Å². The van der Waals surface area contributed by atoms with Gasteiger partial charge in [-0.05, 0) is 43.7 Å². The summed E-state index contributed by atoms with van der Waals surface area (Å²) >= 11 is 0. The number of carbonyl (C=O) groups excluding carboxylic acids is 4. The molecule has 2 aromatic carbocycles. The largest absolute Gasteiger partial charge is 0.514 e. The van der Waals surface area contributed by atoms with Gasteiger partial charge in [0.1, 0.15) is 18.4 Å². The van der Waals surface area contributed by atoms with Crippen LogP contribution >= 0.6 is 0 Å². The summed E-state index contributed by atoms with van der Waals surface area (Å²) in [5.74, 6) is -1.04. The van der Waals surface area contributed by atoms with E-state index in [2.05, 4.69) is 16.0 Å². The van der Waals surface area contributed by atoms with Crippen molar-refractivity contribution in [3.05, 3.63) is 64.2 Å². The van der Waals surface area contributed by atoms with Gasteiger partial charge in [0.05, 0.1) is 4.92 Å². The summed E-state index contributed by atoms with van der Waals surface area (Å²) in [4.78, 5) is 57.4. The molecule has 0 aliphatic heterocycles. The van der Waals surface area contributed by atoms with Gasteiger partial charge >= 0.3 is 12.2 Å². The first-order valence-electron chi connectivity index (χ1n) is 10.3. The lowest BCUT2D eigenvalue weighted by molar-refractivity contribution is -0.384. The van der Waals surface area contributed by atoms with Crippen LogP contribution in [0, 0.1) is 10.1 Å². The molecule has 13 heteroatoms.